The summed E-state index contributed by atoms with van der Waals surface area (Å²) in [4.78, 5) is 12.0. The van der Waals surface area contributed by atoms with E-state index in [1.165, 1.54) is 12.1 Å². The molecule has 1 rings (SSSR count). The van der Waals surface area contributed by atoms with Gasteiger partial charge in [0, 0.05) is 32.3 Å². The van der Waals surface area contributed by atoms with Gasteiger partial charge in [-0.1, -0.05) is 13.0 Å². The van der Waals surface area contributed by atoms with Crippen molar-refractivity contribution in [2.24, 2.45) is 0 Å². The lowest BCUT2D eigenvalue weighted by atomic mass is 10.1. The molecule has 20 heavy (non-hydrogen) atoms. The maximum atomic E-state index is 13.6. The first-order valence-corrected chi connectivity index (χ1v) is 6.65. The number of halogens is 1. The fourth-order valence-electron chi connectivity index (χ4n) is 1.95. The molecular formula is C14H21FN2O3. The number of hydrogen-bond donors (Lipinski definition) is 0. The summed E-state index contributed by atoms with van der Waals surface area (Å²) < 4.78 is 18.7. The third-order valence-corrected chi connectivity index (χ3v) is 3.39. The molecule has 0 amide bonds. The summed E-state index contributed by atoms with van der Waals surface area (Å²) in [7, 11) is 1.64. The Balaban J connectivity index is 2.82. The number of benzene rings is 1. The van der Waals surface area contributed by atoms with Gasteiger partial charge in [-0.3, -0.25) is 15.0 Å². The van der Waals surface area contributed by atoms with Crippen molar-refractivity contribution in [3.8, 4) is 0 Å². The van der Waals surface area contributed by atoms with Gasteiger partial charge in [0.25, 0.3) is 0 Å². The molecule has 0 bridgehead atoms. The Morgan fingerprint density at radius 2 is 2.20 bits per heavy atom. The molecule has 0 aliphatic carbocycles. The highest BCUT2D eigenvalue weighted by atomic mass is 19.1. The Morgan fingerprint density at radius 1 is 1.50 bits per heavy atom. The van der Waals surface area contributed by atoms with Gasteiger partial charge in [0.2, 0.25) is 5.82 Å². The van der Waals surface area contributed by atoms with Crippen LogP contribution in [0.25, 0.3) is 0 Å². The van der Waals surface area contributed by atoms with Crippen molar-refractivity contribution in [3.63, 3.8) is 0 Å². The highest BCUT2D eigenvalue weighted by Gasteiger charge is 2.17. The SMILES string of the molecule is CCC(C)N(CCOC)Cc1ccc([N+](=O)[O-])c(F)c1. The molecule has 0 radical (unpaired) electrons. The minimum absolute atomic E-state index is 0.336. The highest BCUT2D eigenvalue weighted by Crippen LogP contribution is 2.19. The molecule has 0 aromatic heterocycles. The molecular weight excluding hydrogens is 263 g/mol. The van der Waals surface area contributed by atoms with Crippen LogP contribution in [0.5, 0.6) is 0 Å². The average Bonchev–Trinajstić information content (AvgIpc) is 2.42. The maximum absolute atomic E-state index is 13.6. The molecule has 112 valence electrons. The van der Waals surface area contributed by atoms with Crippen molar-refractivity contribution >= 4 is 5.69 Å². The molecule has 1 aromatic rings. The molecule has 0 heterocycles. The van der Waals surface area contributed by atoms with Gasteiger partial charge in [-0.2, -0.15) is 4.39 Å². The van der Waals surface area contributed by atoms with Crippen LogP contribution in [0.1, 0.15) is 25.8 Å². The maximum Gasteiger partial charge on any atom is 0.304 e. The number of rotatable bonds is 8. The number of ether oxygens (including phenoxy) is 1. The Kier molecular flexibility index (Phi) is 6.54. The van der Waals surface area contributed by atoms with Gasteiger partial charge in [0.05, 0.1) is 11.5 Å². The Labute approximate surface area is 118 Å². The van der Waals surface area contributed by atoms with Gasteiger partial charge < -0.3 is 4.74 Å². The van der Waals surface area contributed by atoms with Gasteiger partial charge in [0.15, 0.2) is 0 Å². The summed E-state index contributed by atoms with van der Waals surface area (Å²) in [5.74, 6) is -0.789. The first-order chi connectivity index (χ1) is 9.49. The van der Waals surface area contributed by atoms with Crippen LogP contribution in [0, 0.1) is 15.9 Å². The van der Waals surface area contributed by atoms with Crippen molar-refractivity contribution in [2.75, 3.05) is 20.3 Å². The van der Waals surface area contributed by atoms with Crippen LogP contribution in [-0.4, -0.2) is 36.1 Å². The van der Waals surface area contributed by atoms with Crippen LogP contribution in [0.2, 0.25) is 0 Å². The van der Waals surface area contributed by atoms with E-state index in [1.807, 2.05) is 0 Å². The number of nitrogens with zero attached hydrogens (tertiary/aromatic N) is 2. The van der Waals surface area contributed by atoms with E-state index in [0.717, 1.165) is 18.5 Å². The van der Waals surface area contributed by atoms with E-state index in [4.69, 9.17) is 4.74 Å². The molecule has 0 spiro atoms. The minimum atomic E-state index is -0.789. The van der Waals surface area contributed by atoms with Crippen molar-refractivity contribution in [1.29, 1.82) is 0 Å². The quantitative estimate of drug-likeness (QED) is 0.544. The number of methoxy groups -OCH3 is 1. The van der Waals surface area contributed by atoms with E-state index in [0.29, 0.717) is 19.2 Å². The molecule has 1 atom stereocenters. The Bertz CT molecular complexity index is 454. The largest absolute Gasteiger partial charge is 0.383 e. The van der Waals surface area contributed by atoms with Crippen LogP contribution in [-0.2, 0) is 11.3 Å². The lowest BCUT2D eigenvalue weighted by molar-refractivity contribution is -0.387. The zero-order valence-corrected chi connectivity index (χ0v) is 12.1. The zero-order valence-electron chi connectivity index (χ0n) is 12.1. The van der Waals surface area contributed by atoms with Gasteiger partial charge in [0.1, 0.15) is 0 Å². The third-order valence-electron chi connectivity index (χ3n) is 3.39. The topological polar surface area (TPSA) is 55.6 Å². The second kappa shape index (κ2) is 7.91. The molecule has 0 fully saturated rings. The Hall–Kier alpha value is -1.53. The fourth-order valence-corrected chi connectivity index (χ4v) is 1.95. The molecule has 1 unspecified atom stereocenters. The van der Waals surface area contributed by atoms with Crippen LogP contribution in [0.4, 0.5) is 10.1 Å². The first kappa shape index (κ1) is 16.5. The van der Waals surface area contributed by atoms with E-state index in [9.17, 15) is 14.5 Å². The molecule has 5 nitrogen and oxygen atoms in total. The number of nitro benzene ring substituents is 1. The predicted molar refractivity (Wildman–Crippen MR) is 75.1 cm³/mol. The normalized spacial score (nSPS) is 12.7. The van der Waals surface area contributed by atoms with Gasteiger partial charge in [-0.15, -0.1) is 0 Å². The molecule has 6 heteroatoms. The molecule has 0 saturated heterocycles. The minimum Gasteiger partial charge on any atom is -0.383 e. The summed E-state index contributed by atoms with van der Waals surface area (Å²) in [5, 5.41) is 10.6. The van der Waals surface area contributed by atoms with E-state index in [2.05, 4.69) is 18.7 Å². The van der Waals surface area contributed by atoms with Crippen LogP contribution < -0.4 is 0 Å². The van der Waals surface area contributed by atoms with E-state index >= 15 is 0 Å². The second-order valence-electron chi connectivity index (χ2n) is 4.76. The summed E-state index contributed by atoms with van der Waals surface area (Å²) in [5.41, 5.74) is 0.241. The fraction of sp³-hybridized carbons (Fsp3) is 0.571. The average molecular weight is 284 g/mol. The predicted octanol–water partition coefficient (Wildman–Crippen LogP) is 2.98. The van der Waals surface area contributed by atoms with E-state index in [1.54, 1.807) is 13.2 Å². The van der Waals surface area contributed by atoms with Crippen molar-refractivity contribution in [3.05, 3.63) is 39.7 Å². The molecule has 0 N–H and O–H groups in total. The summed E-state index contributed by atoms with van der Waals surface area (Å²) in [6, 6.07) is 4.39. The van der Waals surface area contributed by atoms with Gasteiger partial charge in [-0.25, -0.2) is 0 Å². The number of nitro groups is 1. The summed E-state index contributed by atoms with van der Waals surface area (Å²) in [6.45, 7) is 6.06. The smallest absolute Gasteiger partial charge is 0.304 e. The lowest BCUT2D eigenvalue weighted by Gasteiger charge is -2.28. The first-order valence-electron chi connectivity index (χ1n) is 6.65. The number of hydrogen-bond acceptors (Lipinski definition) is 4. The van der Waals surface area contributed by atoms with Crippen molar-refractivity contribution < 1.29 is 14.1 Å². The van der Waals surface area contributed by atoms with Crippen LogP contribution >= 0.6 is 0 Å². The zero-order chi connectivity index (χ0) is 15.1. The van der Waals surface area contributed by atoms with Crippen molar-refractivity contribution in [2.45, 2.75) is 32.9 Å². The van der Waals surface area contributed by atoms with Gasteiger partial charge >= 0.3 is 5.69 Å². The highest BCUT2D eigenvalue weighted by molar-refractivity contribution is 5.35. The van der Waals surface area contributed by atoms with E-state index in [-0.39, 0.29) is 0 Å². The van der Waals surface area contributed by atoms with E-state index < -0.39 is 16.4 Å². The summed E-state index contributed by atoms with van der Waals surface area (Å²) in [6.07, 6.45) is 0.971. The monoisotopic (exact) mass is 284 g/mol. The van der Waals surface area contributed by atoms with Crippen molar-refractivity contribution in [1.82, 2.24) is 4.90 Å². The van der Waals surface area contributed by atoms with Crippen LogP contribution in [0.3, 0.4) is 0 Å². The third kappa shape index (κ3) is 4.54. The molecule has 1 aromatic carbocycles. The Morgan fingerprint density at radius 3 is 2.70 bits per heavy atom. The standard InChI is InChI=1S/C14H21FN2O3/c1-4-11(2)16(7-8-20-3)10-12-5-6-14(17(18)19)13(15)9-12/h5-6,9,11H,4,7-8,10H2,1-3H3. The van der Waals surface area contributed by atoms with Gasteiger partial charge in [-0.05, 0) is 25.0 Å². The second-order valence-corrected chi connectivity index (χ2v) is 4.76. The summed E-state index contributed by atoms with van der Waals surface area (Å²) >= 11 is 0. The molecule has 0 saturated carbocycles. The molecule has 0 aliphatic rings. The van der Waals surface area contributed by atoms with Crippen LogP contribution in [0.15, 0.2) is 18.2 Å². The molecule has 0 aliphatic heterocycles. The lowest BCUT2D eigenvalue weighted by Crippen LogP contribution is -2.34.